The van der Waals surface area contributed by atoms with Gasteiger partial charge in [0.2, 0.25) is 5.91 Å². The monoisotopic (exact) mass is 346 g/mol. The molecule has 2 amide bonds. The lowest BCUT2D eigenvalue weighted by atomic mass is 9.88. The Hall–Kier alpha value is -2.37. The second kappa shape index (κ2) is 9.81. The predicted octanol–water partition coefficient (Wildman–Crippen LogP) is 3.19. The number of amides is 2. The third kappa shape index (κ3) is 6.57. The first-order valence-corrected chi connectivity index (χ1v) is 8.97. The number of nitrogens with one attached hydrogen (secondary N) is 2. The van der Waals surface area contributed by atoms with Crippen LogP contribution < -0.4 is 10.6 Å². The molecule has 0 heterocycles. The van der Waals surface area contributed by atoms with Crippen LogP contribution in [0.1, 0.15) is 61.7 Å². The van der Waals surface area contributed by atoms with Gasteiger partial charge in [0, 0.05) is 30.1 Å². The van der Waals surface area contributed by atoms with Crippen LogP contribution in [0.15, 0.2) is 24.3 Å². The lowest BCUT2D eigenvalue weighted by Gasteiger charge is -2.20. The summed E-state index contributed by atoms with van der Waals surface area (Å²) in [6.07, 6.45) is 6.53. The number of hydrogen-bond donors (Lipinski definition) is 3. The summed E-state index contributed by atoms with van der Waals surface area (Å²) in [4.78, 5) is 34.9. The highest BCUT2D eigenvalue weighted by Crippen LogP contribution is 2.25. The van der Waals surface area contributed by atoms with Crippen LogP contribution in [0.25, 0.3) is 0 Å². The largest absolute Gasteiger partial charge is 0.481 e. The molecule has 6 nitrogen and oxygen atoms in total. The molecule has 1 aromatic carbocycles. The number of carboxylic acid groups (broad SMARTS) is 1. The summed E-state index contributed by atoms with van der Waals surface area (Å²) in [6, 6.07) is 6.90. The summed E-state index contributed by atoms with van der Waals surface area (Å²) in [5.74, 6) is -0.941. The van der Waals surface area contributed by atoms with Gasteiger partial charge in [-0.3, -0.25) is 14.4 Å². The molecule has 0 unspecified atom stereocenters. The number of rotatable bonds is 8. The normalized spacial score (nSPS) is 14.7. The second-order valence-electron chi connectivity index (χ2n) is 6.51. The van der Waals surface area contributed by atoms with Gasteiger partial charge in [0.1, 0.15) is 0 Å². The van der Waals surface area contributed by atoms with Crippen LogP contribution in [0.4, 0.5) is 5.69 Å². The van der Waals surface area contributed by atoms with E-state index in [0.29, 0.717) is 30.6 Å². The van der Waals surface area contributed by atoms with Crippen LogP contribution in [0.3, 0.4) is 0 Å². The molecular formula is C19H26N2O4. The van der Waals surface area contributed by atoms with E-state index in [1.807, 2.05) is 0 Å². The summed E-state index contributed by atoms with van der Waals surface area (Å²) < 4.78 is 0. The van der Waals surface area contributed by atoms with Crippen LogP contribution in [-0.2, 0) is 9.59 Å². The van der Waals surface area contributed by atoms with Crippen molar-refractivity contribution in [2.24, 2.45) is 5.92 Å². The first-order valence-electron chi connectivity index (χ1n) is 8.97. The van der Waals surface area contributed by atoms with E-state index in [1.54, 1.807) is 24.3 Å². The number of anilines is 1. The quantitative estimate of drug-likeness (QED) is 0.630. The Bertz CT molecular complexity index is 609. The van der Waals surface area contributed by atoms with Gasteiger partial charge in [0.25, 0.3) is 5.91 Å². The molecule has 0 radical (unpaired) electrons. The van der Waals surface area contributed by atoms with E-state index < -0.39 is 5.97 Å². The summed E-state index contributed by atoms with van der Waals surface area (Å²) >= 11 is 0. The number of carbonyl (C=O) groups excluding carboxylic acids is 2. The van der Waals surface area contributed by atoms with Crippen LogP contribution in [0.2, 0.25) is 0 Å². The van der Waals surface area contributed by atoms with Gasteiger partial charge in [-0.15, -0.1) is 0 Å². The minimum atomic E-state index is -0.826. The molecule has 3 N–H and O–H groups in total. The highest BCUT2D eigenvalue weighted by atomic mass is 16.4. The van der Waals surface area contributed by atoms with E-state index in [0.717, 1.165) is 25.7 Å². The number of unbranched alkanes of at least 4 members (excludes halogenated alkanes) is 1. The van der Waals surface area contributed by atoms with Gasteiger partial charge in [0.05, 0.1) is 0 Å². The molecule has 0 bridgehead atoms. The van der Waals surface area contributed by atoms with Crippen molar-refractivity contribution >= 4 is 23.5 Å². The lowest BCUT2D eigenvalue weighted by Crippen LogP contribution is -2.26. The first kappa shape index (κ1) is 19.0. The summed E-state index contributed by atoms with van der Waals surface area (Å²) in [5, 5.41) is 14.3. The first-order chi connectivity index (χ1) is 12.1. The third-order valence-corrected chi connectivity index (χ3v) is 4.47. The van der Waals surface area contributed by atoms with Crippen LogP contribution in [-0.4, -0.2) is 29.4 Å². The zero-order valence-electron chi connectivity index (χ0n) is 14.4. The Kier molecular flexibility index (Phi) is 7.44. The number of aliphatic carboxylic acids is 1. The minimum Gasteiger partial charge on any atom is -0.481 e. The fraction of sp³-hybridized carbons (Fsp3) is 0.526. The number of benzene rings is 1. The van der Waals surface area contributed by atoms with Gasteiger partial charge in [-0.1, -0.05) is 25.3 Å². The average Bonchev–Trinajstić information content (AvgIpc) is 2.62. The van der Waals surface area contributed by atoms with Crippen molar-refractivity contribution in [3.63, 3.8) is 0 Å². The van der Waals surface area contributed by atoms with Crippen LogP contribution in [0.5, 0.6) is 0 Å². The van der Waals surface area contributed by atoms with Crippen molar-refractivity contribution in [2.45, 2.75) is 51.4 Å². The topological polar surface area (TPSA) is 95.5 Å². The number of hydrogen-bond acceptors (Lipinski definition) is 3. The van der Waals surface area contributed by atoms with Crippen LogP contribution >= 0.6 is 0 Å². The van der Waals surface area contributed by atoms with Gasteiger partial charge in [-0.2, -0.15) is 0 Å². The van der Waals surface area contributed by atoms with Gasteiger partial charge in [-0.25, -0.2) is 0 Å². The summed E-state index contributed by atoms with van der Waals surface area (Å²) in [7, 11) is 0. The minimum absolute atomic E-state index is 0.0333. The molecule has 1 saturated carbocycles. The molecule has 6 heteroatoms. The maximum Gasteiger partial charge on any atom is 0.303 e. The molecule has 1 aromatic rings. The number of carboxylic acids is 1. The Labute approximate surface area is 148 Å². The van der Waals surface area contributed by atoms with Gasteiger partial charge < -0.3 is 15.7 Å². The summed E-state index contributed by atoms with van der Waals surface area (Å²) in [5.41, 5.74) is 1.12. The predicted molar refractivity (Wildman–Crippen MR) is 95.5 cm³/mol. The van der Waals surface area contributed by atoms with Gasteiger partial charge in [-0.05, 0) is 43.9 Å². The van der Waals surface area contributed by atoms with E-state index >= 15 is 0 Å². The van der Waals surface area contributed by atoms with E-state index in [1.165, 1.54) is 6.42 Å². The third-order valence-electron chi connectivity index (χ3n) is 4.47. The molecule has 0 atom stereocenters. The molecular weight excluding hydrogens is 320 g/mol. The second-order valence-corrected chi connectivity index (χ2v) is 6.51. The standard InChI is InChI=1S/C19H26N2O4/c22-17(23)11-4-5-12-20-18(24)15-9-6-10-16(13-15)21-19(25)14-7-2-1-3-8-14/h6,9-10,13-14H,1-5,7-8,11-12H2,(H,20,24)(H,21,25)(H,22,23). The van der Waals surface area contributed by atoms with Crippen molar-refractivity contribution in [2.75, 3.05) is 11.9 Å². The maximum atomic E-state index is 12.3. The molecule has 1 aliphatic carbocycles. The highest BCUT2D eigenvalue weighted by Gasteiger charge is 2.21. The van der Waals surface area contributed by atoms with Gasteiger partial charge in [0.15, 0.2) is 0 Å². The molecule has 1 aliphatic rings. The van der Waals surface area contributed by atoms with Crippen molar-refractivity contribution in [3.8, 4) is 0 Å². The maximum absolute atomic E-state index is 12.3. The fourth-order valence-electron chi connectivity index (χ4n) is 3.05. The Morgan fingerprint density at radius 2 is 1.84 bits per heavy atom. The Morgan fingerprint density at radius 3 is 2.56 bits per heavy atom. The summed E-state index contributed by atoms with van der Waals surface area (Å²) in [6.45, 7) is 0.435. The zero-order chi connectivity index (χ0) is 18.1. The molecule has 25 heavy (non-hydrogen) atoms. The molecule has 1 fully saturated rings. The number of carbonyl (C=O) groups is 3. The van der Waals surface area contributed by atoms with Crippen molar-refractivity contribution in [3.05, 3.63) is 29.8 Å². The molecule has 136 valence electrons. The van der Waals surface area contributed by atoms with E-state index in [-0.39, 0.29) is 24.2 Å². The molecule has 0 aliphatic heterocycles. The average molecular weight is 346 g/mol. The van der Waals surface area contributed by atoms with E-state index in [2.05, 4.69) is 10.6 Å². The zero-order valence-corrected chi connectivity index (χ0v) is 14.4. The van der Waals surface area contributed by atoms with Crippen LogP contribution in [0, 0.1) is 5.92 Å². The molecule has 0 aromatic heterocycles. The smallest absolute Gasteiger partial charge is 0.303 e. The van der Waals surface area contributed by atoms with E-state index in [4.69, 9.17) is 5.11 Å². The Morgan fingerprint density at radius 1 is 1.08 bits per heavy atom. The highest BCUT2D eigenvalue weighted by molar-refractivity contribution is 5.97. The van der Waals surface area contributed by atoms with Crippen molar-refractivity contribution < 1.29 is 19.5 Å². The van der Waals surface area contributed by atoms with E-state index in [9.17, 15) is 14.4 Å². The Balaban J connectivity index is 1.82. The molecule has 0 spiro atoms. The SMILES string of the molecule is O=C(O)CCCCNC(=O)c1cccc(NC(=O)C2CCCCC2)c1. The van der Waals surface area contributed by atoms with Crippen molar-refractivity contribution in [1.82, 2.24) is 5.32 Å². The molecule has 0 saturated heterocycles. The van der Waals surface area contributed by atoms with Crippen molar-refractivity contribution in [1.29, 1.82) is 0 Å². The fourth-order valence-corrected chi connectivity index (χ4v) is 3.05. The lowest BCUT2D eigenvalue weighted by molar-refractivity contribution is -0.137. The van der Waals surface area contributed by atoms with Gasteiger partial charge >= 0.3 is 5.97 Å². The molecule has 2 rings (SSSR count).